The topological polar surface area (TPSA) is 40.6 Å². The Morgan fingerprint density at radius 2 is 1.00 bits per heavy atom. The zero-order valence-corrected chi connectivity index (χ0v) is 17.4. The van der Waals surface area contributed by atoms with Gasteiger partial charge in [0.25, 0.3) is 0 Å². The van der Waals surface area contributed by atoms with E-state index in [0.29, 0.717) is 19.5 Å². The van der Waals surface area contributed by atoms with Crippen LogP contribution in [0, 0.1) is 0 Å². The van der Waals surface area contributed by atoms with Crippen molar-refractivity contribution in [3.63, 3.8) is 0 Å². The largest absolute Gasteiger partial charge is 0.325 e. The highest BCUT2D eigenvalue weighted by molar-refractivity contribution is 5.79. The van der Waals surface area contributed by atoms with E-state index in [1.165, 1.54) is 51.4 Å². The van der Waals surface area contributed by atoms with Crippen LogP contribution >= 0.6 is 0 Å². The zero-order valence-electron chi connectivity index (χ0n) is 17.4. The SMILES string of the molecule is CCCCCCCCC(=O)N1CCCN(C(=O)CCCCCCCC)C1. The van der Waals surface area contributed by atoms with Crippen LogP contribution in [0.1, 0.15) is 110 Å². The first kappa shape index (κ1) is 23.0. The van der Waals surface area contributed by atoms with Crippen LogP contribution in [0.25, 0.3) is 0 Å². The van der Waals surface area contributed by atoms with Crippen LogP contribution in [0.4, 0.5) is 0 Å². The average Bonchev–Trinajstić information content (AvgIpc) is 2.67. The van der Waals surface area contributed by atoms with Gasteiger partial charge < -0.3 is 9.80 Å². The minimum absolute atomic E-state index is 0.234. The summed E-state index contributed by atoms with van der Waals surface area (Å²) in [5, 5.41) is 0. The first-order valence-corrected chi connectivity index (χ1v) is 11.2. The normalized spacial score (nSPS) is 14.7. The van der Waals surface area contributed by atoms with Crippen LogP contribution in [0.5, 0.6) is 0 Å². The van der Waals surface area contributed by atoms with Crippen LogP contribution in [0.3, 0.4) is 0 Å². The summed E-state index contributed by atoms with van der Waals surface area (Å²) in [7, 11) is 0. The van der Waals surface area contributed by atoms with Crippen LogP contribution in [0.2, 0.25) is 0 Å². The predicted octanol–water partition coefficient (Wildman–Crippen LogP) is 5.51. The molecule has 0 spiro atoms. The maximum absolute atomic E-state index is 12.4. The van der Waals surface area contributed by atoms with Crippen molar-refractivity contribution < 1.29 is 9.59 Å². The van der Waals surface area contributed by atoms with E-state index >= 15 is 0 Å². The van der Waals surface area contributed by atoms with Gasteiger partial charge in [0.1, 0.15) is 0 Å². The van der Waals surface area contributed by atoms with E-state index in [4.69, 9.17) is 0 Å². The molecule has 1 fully saturated rings. The van der Waals surface area contributed by atoms with Gasteiger partial charge in [-0.05, 0) is 19.3 Å². The molecule has 0 N–H and O–H groups in total. The lowest BCUT2D eigenvalue weighted by atomic mass is 10.1. The number of hydrogen-bond acceptors (Lipinski definition) is 2. The van der Waals surface area contributed by atoms with Crippen LogP contribution < -0.4 is 0 Å². The molecule has 26 heavy (non-hydrogen) atoms. The summed E-state index contributed by atoms with van der Waals surface area (Å²) in [6.07, 6.45) is 16.7. The lowest BCUT2D eigenvalue weighted by Crippen LogP contribution is -2.49. The molecule has 1 aliphatic rings. The van der Waals surface area contributed by atoms with Gasteiger partial charge in [-0.1, -0.05) is 78.1 Å². The molecule has 0 radical (unpaired) electrons. The third kappa shape index (κ3) is 10.2. The summed E-state index contributed by atoms with van der Waals surface area (Å²) < 4.78 is 0. The zero-order chi connectivity index (χ0) is 19.0. The summed E-state index contributed by atoms with van der Waals surface area (Å²) >= 11 is 0. The van der Waals surface area contributed by atoms with Crippen molar-refractivity contribution in [2.75, 3.05) is 19.8 Å². The Morgan fingerprint density at radius 1 is 0.615 bits per heavy atom. The molecule has 0 aromatic rings. The second kappa shape index (κ2) is 15.0. The smallest absolute Gasteiger partial charge is 0.223 e. The van der Waals surface area contributed by atoms with Gasteiger partial charge >= 0.3 is 0 Å². The predicted molar refractivity (Wildman–Crippen MR) is 109 cm³/mol. The van der Waals surface area contributed by atoms with Crippen LogP contribution in [0.15, 0.2) is 0 Å². The molecule has 0 unspecified atom stereocenters. The number of carbonyl (C=O) groups is 2. The summed E-state index contributed by atoms with van der Waals surface area (Å²) in [5.41, 5.74) is 0. The first-order valence-electron chi connectivity index (χ1n) is 11.2. The van der Waals surface area contributed by atoms with Gasteiger partial charge in [0.2, 0.25) is 11.8 Å². The summed E-state index contributed by atoms with van der Waals surface area (Å²) in [4.78, 5) is 28.6. The lowest BCUT2D eigenvalue weighted by Gasteiger charge is -2.35. The molecular formula is C22H42N2O2. The molecule has 1 aliphatic heterocycles. The number of nitrogens with zero attached hydrogens (tertiary/aromatic N) is 2. The molecule has 0 aliphatic carbocycles. The van der Waals surface area contributed by atoms with E-state index in [9.17, 15) is 9.59 Å². The molecule has 0 aromatic carbocycles. The molecule has 4 nitrogen and oxygen atoms in total. The van der Waals surface area contributed by atoms with Crippen molar-refractivity contribution in [3.05, 3.63) is 0 Å². The van der Waals surface area contributed by atoms with Crippen molar-refractivity contribution in [2.45, 2.75) is 110 Å². The Hall–Kier alpha value is -1.06. The van der Waals surface area contributed by atoms with E-state index in [1.54, 1.807) is 0 Å². The Bertz CT molecular complexity index is 350. The molecule has 1 saturated heterocycles. The molecule has 0 saturated carbocycles. The number of rotatable bonds is 14. The van der Waals surface area contributed by atoms with Gasteiger partial charge in [0.05, 0.1) is 6.67 Å². The highest BCUT2D eigenvalue weighted by Gasteiger charge is 2.24. The molecule has 4 heteroatoms. The van der Waals surface area contributed by atoms with E-state index in [1.807, 2.05) is 9.80 Å². The Morgan fingerprint density at radius 3 is 1.42 bits per heavy atom. The Balaban J connectivity index is 2.17. The average molecular weight is 367 g/mol. The number of carbonyl (C=O) groups excluding carboxylic acids is 2. The Kier molecular flexibility index (Phi) is 13.3. The lowest BCUT2D eigenvalue weighted by molar-refractivity contribution is -0.142. The Labute approximate surface area is 161 Å². The molecule has 0 atom stereocenters. The molecular weight excluding hydrogens is 324 g/mol. The van der Waals surface area contributed by atoms with Gasteiger partial charge in [0, 0.05) is 25.9 Å². The summed E-state index contributed by atoms with van der Waals surface area (Å²) in [5.74, 6) is 0.468. The maximum atomic E-state index is 12.4. The minimum atomic E-state index is 0.234. The fraction of sp³-hybridized carbons (Fsp3) is 0.909. The van der Waals surface area contributed by atoms with Crippen molar-refractivity contribution in [3.8, 4) is 0 Å². The van der Waals surface area contributed by atoms with Crippen molar-refractivity contribution in [1.82, 2.24) is 9.80 Å². The van der Waals surface area contributed by atoms with E-state index in [2.05, 4.69) is 13.8 Å². The van der Waals surface area contributed by atoms with Gasteiger partial charge in [-0.3, -0.25) is 9.59 Å². The standard InChI is InChI=1S/C22H42N2O2/c1-3-5-7-9-11-13-16-21(25)23-18-15-19-24(20-23)22(26)17-14-12-10-8-6-4-2/h3-20H2,1-2H3. The van der Waals surface area contributed by atoms with Gasteiger partial charge in [-0.15, -0.1) is 0 Å². The number of unbranched alkanes of at least 4 members (excludes halogenated alkanes) is 10. The summed E-state index contributed by atoms with van der Waals surface area (Å²) in [6.45, 7) is 6.59. The molecule has 0 aromatic heterocycles. The van der Waals surface area contributed by atoms with E-state index < -0.39 is 0 Å². The van der Waals surface area contributed by atoms with Crippen LogP contribution in [-0.2, 0) is 9.59 Å². The van der Waals surface area contributed by atoms with Crippen molar-refractivity contribution >= 4 is 11.8 Å². The quantitative estimate of drug-likeness (QED) is 0.381. The summed E-state index contributed by atoms with van der Waals surface area (Å²) in [6, 6.07) is 0. The highest BCUT2D eigenvalue weighted by atomic mass is 16.2. The van der Waals surface area contributed by atoms with Gasteiger partial charge in [0.15, 0.2) is 0 Å². The number of hydrogen-bond donors (Lipinski definition) is 0. The fourth-order valence-electron chi connectivity index (χ4n) is 3.64. The van der Waals surface area contributed by atoms with Crippen LogP contribution in [-0.4, -0.2) is 41.4 Å². The van der Waals surface area contributed by atoms with Gasteiger partial charge in [-0.2, -0.15) is 0 Å². The highest BCUT2D eigenvalue weighted by Crippen LogP contribution is 2.14. The maximum Gasteiger partial charge on any atom is 0.223 e. The molecule has 1 rings (SSSR count). The molecule has 2 amide bonds. The fourth-order valence-corrected chi connectivity index (χ4v) is 3.64. The van der Waals surface area contributed by atoms with E-state index in [-0.39, 0.29) is 11.8 Å². The molecule has 152 valence electrons. The number of amides is 2. The van der Waals surface area contributed by atoms with Crippen molar-refractivity contribution in [2.24, 2.45) is 0 Å². The third-order valence-corrected chi connectivity index (χ3v) is 5.39. The van der Waals surface area contributed by atoms with E-state index in [0.717, 1.165) is 45.2 Å². The molecule has 1 heterocycles. The molecule has 0 bridgehead atoms. The monoisotopic (exact) mass is 366 g/mol. The second-order valence-electron chi connectivity index (χ2n) is 7.84. The van der Waals surface area contributed by atoms with Gasteiger partial charge in [-0.25, -0.2) is 0 Å². The third-order valence-electron chi connectivity index (χ3n) is 5.39. The minimum Gasteiger partial charge on any atom is -0.325 e. The first-order chi connectivity index (χ1) is 12.7. The second-order valence-corrected chi connectivity index (χ2v) is 7.84. The van der Waals surface area contributed by atoms with Crippen molar-refractivity contribution in [1.29, 1.82) is 0 Å².